The van der Waals surface area contributed by atoms with Crippen LogP contribution in [-0.2, 0) is 0 Å². The number of thioether (sulfide) groups is 1. The minimum absolute atomic E-state index is 0.769. The number of benzene rings is 1. The summed E-state index contributed by atoms with van der Waals surface area (Å²) < 4.78 is 0. The zero-order valence-electron chi connectivity index (χ0n) is 8.92. The van der Waals surface area contributed by atoms with E-state index >= 15 is 0 Å². The van der Waals surface area contributed by atoms with Gasteiger partial charge in [0.25, 0.3) is 0 Å². The quantitative estimate of drug-likeness (QED) is 0.654. The number of aryl methyl sites for hydroxylation is 2. The Labute approximate surface area is 85.7 Å². The van der Waals surface area contributed by atoms with Crippen molar-refractivity contribution in [3.05, 3.63) is 29.3 Å². The summed E-state index contributed by atoms with van der Waals surface area (Å²) in [7, 11) is 0. The minimum Gasteiger partial charge on any atom is -0.126 e. The van der Waals surface area contributed by atoms with Crippen LogP contribution in [0.3, 0.4) is 0 Å². The molecule has 0 saturated carbocycles. The van der Waals surface area contributed by atoms with Gasteiger partial charge >= 0.3 is 0 Å². The third-order valence-corrected chi connectivity index (χ3v) is 3.18. The highest BCUT2D eigenvalue weighted by atomic mass is 32.2. The lowest BCUT2D eigenvalue weighted by Crippen LogP contribution is -1.90. The summed E-state index contributed by atoms with van der Waals surface area (Å²) in [5.74, 6) is 1.98. The van der Waals surface area contributed by atoms with Crippen LogP contribution in [0.4, 0.5) is 0 Å². The zero-order chi connectivity index (χ0) is 9.84. The van der Waals surface area contributed by atoms with E-state index in [1.54, 1.807) is 0 Å². The van der Waals surface area contributed by atoms with Gasteiger partial charge in [-0.05, 0) is 43.0 Å². The second-order valence-corrected chi connectivity index (χ2v) is 5.12. The van der Waals surface area contributed by atoms with Crippen molar-refractivity contribution in [2.75, 3.05) is 5.75 Å². The van der Waals surface area contributed by atoms with Crippen LogP contribution in [0.2, 0.25) is 0 Å². The first kappa shape index (κ1) is 10.6. The minimum atomic E-state index is 0.769. The summed E-state index contributed by atoms with van der Waals surface area (Å²) in [4.78, 5) is 1.41. The predicted octanol–water partition coefficient (Wildman–Crippen LogP) is 4.05. The predicted molar refractivity (Wildman–Crippen MR) is 61.5 cm³/mol. The number of hydrogen-bond donors (Lipinski definition) is 0. The molecule has 0 aliphatic rings. The van der Waals surface area contributed by atoms with Gasteiger partial charge in [-0.2, -0.15) is 0 Å². The van der Waals surface area contributed by atoms with Crippen LogP contribution >= 0.6 is 11.8 Å². The summed E-state index contributed by atoms with van der Waals surface area (Å²) >= 11 is 1.96. The first-order valence-corrected chi connectivity index (χ1v) is 5.77. The molecule has 1 aromatic rings. The fourth-order valence-corrected chi connectivity index (χ4v) is 2.34. The molecule has 1 aromatic carbocycles. The molecule has 1 rings (SSSR count). The summed E-state index contributed by atoms with van der Waals surface area (Å²) in [5, 5.41) is 0. The first-order chi connectivity index (χ1) is 6.08. The van der Waals surface area contributed by atoms with Crippen molar-refractivity contribution in [1.29, 1.82) is 0 Å². The molecular weight excluding hydrogens is 176 g/mol. The van der Waals surface area contributed by atoms with Crippen LogP contribution in [0.15, 0.2) is 23.1 Å². The van der Waals surface area contributed by atoms with Crippen molar-refractivity contribution >= 4 is 11.8 Å². The average Bonchev–Trinajstić information content (AvgIpc) is 1.99. The van der Waals surface area contributed by atoms with Gasteiger partial charge in [-0.15, -0.1) is 11.8 Å². The molecule has 0 fully saturated rings. The molecule has 0 N–H and O–H groups in total. The maximum Gasteiger partial charge on any atom is 0.00773 e. The molecule has 0 bridgehead atoms. The van der Waals surface area contributed by atoms with Crippen molar-refractivity contribution < 1.29 is 0 Å². The Morgan fingerprint density at radius 3 is 2.08 bits per heavy atom. The first-order valence-electron chi connectivity index (χ1n) is 4.79. The van der Waals surface area contributed by atoms with Crippen molar-refractivity contribution in [1.82, 2.24) is 0 Å². The molecule has 0 atom stereocenters. The molecule has 0 aliphatic carbocycles. The van der Waals surface area contributed by atoms with Crippen molar-refractivity contribution in [3.63, 3.8) is 0 Å². The number of hydrogen-bond acceptors (Lipinski definition) is 1. The maximum atomic E-state index is 2.26. The molecule has 72 valence electrons. The molecule has 0 aromatic heterocycles. The van der Waals surface area contributed by atoms with E-state index < -0.39 is 0 Å². The van der Waals surface area contributed by atoms with Gasteiger partial charge in [-0.1, -0.05) is 19.9 Å². The van der Waals surface area contributed by atoms with Crippen LogP contribution in [-0.4, -0.2) is 5.75 Å². The van der Waals surface area contributed by atoms with Crippen molar-refractivity contribution in [2.24, 2.45) is 5.92 Å². The van der Waals surface area contributed by atoms with Gasteiger partial charge in [0.15, 0.2) is 0 Å². The van der Waals surface area contributed by atoms with Gasteiger partial charge in [0.1, 0.15) is 0 Å². The third kappa shape index (κ3) is 3.86. The molecule has 1 heteroatoms. The van der Waals surface area contributed by atoms with E-state index in [-0.39, 0.29) is 0 Å². The molecule has 0 spiro atoms. The monoisotopic (exact) mass is 194 g/mol. The van der Waals surface area contributed by atoms with Crippen molar-refractivity contribution in [3.8, 4) is 0 Å². The highest BCUT2D eigenvalue weighted by Gasteiger charge is 1.98. The lowest BCUT2D eigenvalue weighted by atomic mass is 10.2. The van der Waals surface area contributed by atoms with Crippen LogP contribution in [0.25, 0.3) is 0 Å². The molecule has 0 heterocycles. The maximum absolute atomic E-state index is 2.26. The van der Waals surface area contributed by atoms with E-state index in [1.165, 1.54) is 21.8 Å². The summed E-state index contributed by atoms with van der Waals surface area (Å²) in [5.41, 5.74) is 2.73. The zero-order valence-corrected chi connectivity index (χ0v) is 9.74. The van der Waals surface area contributed by atoms with Crippen LogP contribution < -0.4 is 0 Å². The van der Waals surface area contributed by atoms with Crippen molar-refractivity contribution in [2.45, 2.75) is 32.6 Å². The third-order valence-electron chi connectivity index (χ3n) is 1.78. The number of rotatable bonds is 3. The highest BCUT2D eigenvalue weighted by molar-refractivity contribution is 7.99. The van der Waals surface area contributed by atoms with E-state index in [4.69, 9.17) is 0 Å². The van der Waals surface area contributed by atoms with Gasteiger partial charge in [-0.3, -0.25) is 0 Å². The van der Waals surface area contributed by atoms with Crippen LogP contribution in [0, 0.1) is 19.8 Å². The second-order valence-electron chi connectivity index (χ2n) is 4.03. The SMILES string of the molecule is Cc1cc(C)cc(SCC(C)C)c1. The van der Waals surface area contributed by atoms with Crippen LogP contribution in [0.1, 0.15) is 25.0 Å². The molecule has 0 saturated heterocycles. The van der Waals surface area contributed by atoms with E-state index in [2.05, 4.69) is 45.9 Å². The molecule has 0 unspecified atom stereocenters. The van der Waals surface area contributed by atoms with E-state index in [1.807, 2.05) is 11.8 Å². The molecule has 0 aliphatic heterocycles. The Kier molecular flexibility index (Phi) is 3.86. The molecule has 0 radical (unpaired) electrons. The summed E-state index contributed by atoms with van der Waals surface area (Å²) in [6.07, 6.45) is 0. The lowest BCUT2D eigenvalue weighted by Gasteiger charge is -2.06. The fourth-order valence-electron chi connectivity index (χ4n) is 1.28. The normalized spacial score (nSPS) is 10.8. The van der Waals surface area contributed by atoms with Gasteiger partial charge in [0.2, 0.25) is 0 Å². The largest absolute Gasteiger partial charge is 0.126 e. The van der Waals surface area contributed by atoms with Gasteiger partial charge < -0.3 is 0 Å². The Hall–Kier alpha value is -0.430. The lowest BCUT2D eigenvalue weighted by molar-refractivity contribution is 0.750. The highest BCUT2D eigenvalue weighted by Crippen LogP contribution is 2.22. The molecule has 0 amide bonds. The van der Waals surface area contributed by atoms with Crippen LogP contribution in [0.5, 0.6) is 0 Å². The smallest absolute Gasteiger partial charge is 0.00773 e. The Morgan fingerprint density at radius 1 is 1.08 bits per heavy atom. The van der Waals surface area contributed by atoms with Gasteiger partial charge in [0.05, 0.1) is 0 Å². The topological polar surface area (TPSA) is 0 Å². The van der Waals surface area contributed by atoms with Gasteiger partial charge in [0, 0.05) is 10.6 Å². The fraction of sp³-hybridized carbons (Fsp3) is 0.500. The standard InChI is InChI=1S/C12H18S/c1-9(2)8-13-12-6-10(3)5-11(4)7-12/h5-7,9H,8H2,1-4H3. The average molecular weight is 194 g/mol. The van der Waals surface area contributed by atoms with E-state index in [0.29, 0.717) is 0 Å². The Balaban J connectivity index is 2.66. The summed E-state index contributed by atoms with van der Waals surface area (Å²) in [6, 6.07) is 6.75. The molecular formula is C12H18S. The van der Waals surface area contributed by atoms with E-state index in [9.17, 15) is 0 Å². The second kappa shape index (κ2) is 4.71. The Bertz CT molecular complexity index is 256. The van der Waals surface area contributed by atoms with Gasteiger partial charge in [-0.25, -0.2) is 0 Å². The van der Waals surface area contributed by atoms with E-state index in [0.717, 1.165) is 5.92 Å². The summed E-state index contributed by atoms with van der Waals surface area (Å²) in [6.45, 7) is 8.84. The molecule has 0 nitrogen and oxygen atoms in total. The molecule has 13 heavy (non-hydrogen) atoms. The Morgan fingerprint density at radius 2 is 1.62 bits per heavy atom.